The molecule has 182 valence electrons. The summed E-state index contributed by atoms with van der Waals surface area (Å²) in [4.78, 5) is 32.0. The number of nitrogens with zero attached hydrogens (tertiary/aromatic N) is 2. The zero-order chi connectivity index (χ0) is 24.9. The maximum absolute atomic E-state index is 13.2. The average molecular weight is 495 g/mol. The first-order valence-corrected chi connectivity index (χ1v) is 12.1. The number of aromatic nitrogens is 1. The van der Waals surface area contributed by atoms with Crippen molar-refractivity contribution in [2.75, 3.05) is 25.2 Å². The van der Waals surface area contributed by atoms with Gasteiger partial charge in [-0.2, -0.15) is 0 Å². The second kappa shape index (κ2) is 10.6. The number of aliphatic hydroxyl groups excluding tert-OH is 1. The summed E-state index contributed by atoms with van der Waals surface area (Å²) < 4.78 is 16.8. The monoisotopic (exact) mass is 494 g/mol. The third-order valence-electron chi connectivity index (χ3n) is 5.48. The van der Waals surface area contributed by atoms with E-state index in [4.69, 9.17) is 14.2 Å². The highest BCUT2D eigenvalue weighted by molar-refractivity contribution is 7.14. The Morgan fingerprint density at radius 2 is 1.86 bits per heavy atom. The van der Waals surface area contributed by atoms with Crippen molar-refractivity contribution >= 4 is 33.9 Å². The maximum Gasteiger partial charge on any atom is 0.301 e. The second-order valence-electron chi connectivity index (χ2n) is 7.70. The van der Waals surface area contributed by atoms with Crippen LogP contribution in [0.15, 0.2) is 59.6 Å². The maximum atomic E-state index is 13.2. The van der Waals surface area contributed by atoms with Gasteiger partial charge in [0.15, 0.2) is 16.6 Å². The summed E-state index contributed by atoms with van der Waals surface area (Å²) in [5.41, 5.74) is 0.947. The van der Waals surface area contributed by atoms with Gasteiger partial charge in [0.25, 0.3) is 5.78 Å². The lowest BCUT2D eigenvalue weighted by atomic mass is 9.95. The van der Waals surface area contributed by atoms with E-state index < -0.39 is 17.7 Å². The van der Waals surface area contributed by atoms with Gasteiger partial charge in [-0.05, 0) is 55.3 Å². The molecule has 0 radical (unpaired) electrons. The zero-order valence-electron chi connectivity index (χ0n) is 19.7. The number of rotatable bonds is 9. The molecule has 0 spiro atoms. The Bertz CT molecular complexity index is 1240. The number of aliphatic hydroxyl groups is 1. The molecule has 2 heterocycles. The summed E-state index contributed by atoms with van der Waals surface area (Å²) in [6, 6.07) is 11.0. The van der Waals surface area contributed by atoms with E-state index in [0.717, 1.165) is 6.42 Å². The molecule has 1 N–H and O–H groups in total. The molecule has 9 heteroatoms. The number of hydrogen-bond acceptors (Lipinski definition) is 8. The van der Waals surface area contributed by atoms with E-state index >= 15 is 0 Å². The number of anilines is 1. The van der Waals surface area contributed by atoms with Crippen LogP contribution in [0.25, 0.3) is 5.76 Å². The topological polar surface area (TPSA) is 98.2 Å². The van der Waals surface area contributed by atoms with Crippen LogP contribution in [0.5, 0.6) is 17.2 Å². The van der Waals surface area contributed by atoms with E-state index in [1.54, 1.807) is 54.0 Å². The molecule has 1 fully saturated rings. The van der Waals surface area contributed by atoms with Crippen LogP contribution in [0, 0.1) is 0 Å². The minimum Gasteiger partial charge on any atom is -0.507 e. The van der Waals surface area contributed by atoms with Crippen LogP contribution in [-0.2, 0) is 9.59 Å². The molecule has 2 aromatic carbocycles. The number of ketones is 1. The van der Waals surface area contributed by atoms with E-state index in [0.29, 0.717) is 46.7 Å². The number of carbonyl (C=O) groups is 2. The van der Waals surface area contributed by atoms with Gasteiger partial charge in [-0.3, -0.25) is 14.5 Å². The molecule has 1 unspecified atom stereocenters. The molecular formula is C26H26N2O6S. The van der Waals surface area contributed by atoms with Crippen LogP contribution >= 0.6 is 11.3 Å². The lowest BCUT2D eigenvalue weighted by Crippen LogP contribution is -2.29. The molecule has 1 amide bonds. The highest BCUT2D eigenvalue weighted by Gasteiger charge is 2.48. The number of hydrogen-bond donors (Lipinski definition) is 1. The summed E-state index contributed by atoms with van der Waals surface area (Å²) in [6.45, 7) is 4.80. The van der Waals surface area contributed by atoms with Gasteiger partial charge in [0.1, 0.15) is 11.5 Å². The molecule has 0 aliphatic carbocycles. The zero-order valence-corrected chi connectivity index (χ0v) is 20.5. The Kier molecular flexibility index (Phi) is 7.36. The SMILES string of the molecule is CCCOc1ccc(C2/C(=C(\O)c3ccc(OC)cc3)C(=O)C(=O)N2c2nccs2)cc1OCC. The van der Waals surface area contributed by atoms with E-state index in [-0.39, 0.29) is 11.3 Å². The molecule has 35 heavy (non-hydrogen) atoms. The first kappa shape index (κ1) is 24.3. The van der Waals surface area contributed by atoms with Crippen LogP contribution in [0.2, 0.25) is 0 Å². The van der Waals surface area contributed by atoms with Crippen LogP contribution in [0.3, 0.4) is 0 Å². The third-order valence-corrected chi connectivity index (χ3v) is 6.25. The Morgan fingerprint density at radius 1 is 1.09 bits per heavy atom. The van der Waals surface area contributed by atoms with Gasteiger partial charge < -0.3 is 19.3 Å². The van der Waals surface area contributed by atoms with E-state index in [2.05, 4.69) is 4.98 Å². The first-order valence-electron chi connectivity index (χ1n) is 11.2. The van der Waals surface area contributed by atoms with Crippen molar-refractivity contribution in [3.05, 3.63) is 70.7 Å². The number of amides is 1. The highest BCUT2D eigenvalue weighted by atomic mass is 32.1. The van der Waals surface area contributed by atoms with E-state index in [1.807, 2.05) is 13.8 Å². The van der Waals surface area contributed by atoms with Crippen molar-refractivity contribution in [1.29, 1.82) is 0 Å². The second-order valence-corrected chi connectivity index (χ2v) is 8.57. The van der Waals surface area contributed by atoms with Crippen molar-refractivity contribution in [3.8, 4) is 17.2 Å². The van der Waals surface area contributed by atoms with Crippen molar-refractivity contribution in [2.45, 2.75) is 26.3 Å². The fourth-order valence-corrected chi connectivity index (χ4v) is 4.55. The molecule has 8 nitrogen and oxygen atoms in total. The number of carbonyl (C=O) groups excluding carboxylic acids is 2. The number of methoxy groups -OCH3 is 1. The minimum atomic E-state index is -0.900. The Labute approximate surface area is 207 Å². The lowest BCUT2D eigenvalue weighted by molar-refractivity contribution is -0.132. The Balaban J connectivity index is 1.88. The van der Waals surface area contributed by atoms with Gasteiger partial charge in [-0.1, -0.05) is 13.0 Å². The van der Waals surface area contributed by atoms with E-state index in [1.165, 1.54) is 23.3 Å². The number of ether oxygens (including phenoxy) is 3. The smallest absolute Gasteiger partial charge is 0.301 e. The lowest BCUT2D eigenvalue weighted by Gasteiger charge is -2.24. The van der Waals surface area contributed by atoms with Gasteiger partial charge >= 0.3 is 5.91 Å². The Morgan fingerprint density at radius 3 is 2.49 bits per heavy atom. The van der Waals surface area contributed by atoms with Gasteiger partial charge in [0.05, 0.1) is 31.9 Å². The minimum absolute atomic E-state index is 0.0277. The molecular weight excluding hydrogens is 468 g/mol. The van der Waals surface area contributed by atoms with Crippen molar-refractivity contribution < 1.29 is 28.9 Å². The molecule has 0 bridgehead atoms. The van der Waals surface area contributed by atoms with Gasteiger partial charge in [0, 0.05) is 17.1 Å². The number of thiazole rings is 1. The molecule has 3 aromatic rings. The Hall–Kier alpha value is -3.85. The van der Waals surface area contributed by atoms with Crippen molar-refractivity contribution in [2.24, 2.45) is 0 Å². The quantitative estimate of drug-likeness (QED) is 0.255. The van der Waals surface area contributed by atoms with Crippen LogP contribution in [0.4, 0.5) is 5.13 Å². The van der Waals surface area contributed by atoms with Gasteiger partial charge in [-0.25, -0.2) is 4.98 Å². The molecule has 1 saturated heterocycles. The fourth-order valence-electron chi connectivity index (χ4n) is 3.88. The summed E-state index contributed by atoms with van der Waals surface area (Å²) >= 11 is 1.23. The predicted octanol–water partition coefficient (Wildman–Crippen LogP) is 4.97. The summed E-state index contributed by atoms with van der Waals surface area (Å²) in [5, 5.41) is 13.3. The van der Waals surface area contributed by atoms with E-state index in [9.17, 15) is 14.7 Å². The summed E-state index contributed by atoms with van der Waals surface area (Å²) in [6.07, 6.45) is 2.40. The van der Waals surface area contributed by atoms with Gasteiger partial charge in [0.2, 0.25) is 0 Å². The van der Waals surface area contributed by atoms with Crippen molar-refractivity contribution in [1.82, 2.24) is 4.98 Å². The summed E-state index contributed by atoms with van der Waals surface area (Å²) in [5.74, 6) is -0.164. The molecule has 4 rings (SSSR count). The standard InChI is InChI=1S/C26H26N2O6S/c1-4-13-34-19-11-8-17(15-20(19)33-5-2)22-21(23(29)16-6-9-18(32-3)10-7-16)24(30)25(31)28(22)26-27-12-14-35-26/h6-12,14-15,22,29H,4-5,13H2,1-3H3/b23-21+. The molecule has 1 atom stereocenters. The predicted molar refractivity (Wildman–Crippen MR) is 133 cm³/mol. The number of benzene rings is 2. The molecule has 0 saturated carbocycles. The molecule has 1 aliphatic rings. The normalized spacial score (nSPS) is 17.0. The largest absolute Gasteiger partial charge is 0.507 e. The highest BCUT2D eigenvalue weighted by Crippen LogP contribution is 2.44. The number of Topliss-reactive ketones (excluding diaryl/α,β-unsaturated/α-hetero) is 1. The first-order chi connectivity index (χ1) is 17.0. The van der Waals surface area contributed by atoms with Crippen LogP contribution in [0.1, 0.15) is 37.4 Å². The van der Waals surface area contributed by atoms with Crippen LogP contribution in [-0.4, -0.2) is 42.1 Å². The third kappa shape index (κ3) is 4.72. The van der Waals surface area contributed by atoms with Gasteiger partial charge in [-0.15, -0.1) is 11.3 Å². The summed E-state index contributed by atoms with van der Waals surface area (Å²) in [7, 11) is 1.54. The van der Waals surface area contributed by atoms with Crippen LogP contribution < -0.4 is 19.1 Å². The molecule has 1 aliphatic heterocycles. The van der Waals surface area contributed by atoms with Crippen molar-refractivity contribution in [3.63, 3.8) is 0 Å². The fraction of sp³-hybridized carbons (Fsp3) is 0.269. The average Bonchev–Trinajstić information content (AvgIpc) is 3.49. The molecule has 1 aromatic heterocycles.